The van der Waals surface area contributed by atoms with Crippen molar-refractivity contribution in [3.63, 3.8) is 0 Å². The van der Waals surface area contributed by atoms with Crippen LogP contribution in [0.3, 0.4) is 0 Å². The van der Waals surface area contributed by atoms with Gasteiger partial charge in [-0.2, -0.15) is 5.10 Å². The Balaban J connectivity index is 2.44. The molecule has 2 aromatic rings. The number of hydrogen-bond donors (Lipinski definition) is 0. The molecule has 4 heteroatoms. The van der Waals surface area contributed by atoms with Crippen LogP contribution in [0.5, 0.6) is 0 Å². The summed E-state index contributed by atoms with van der Waals surface area (Å²) in [4.78, 5) is 4.21. The molecule has 0 amide bonds. The molecule has 0 aliphatic carbocycles. The summed E-state index contributed by atoms with van der Waals surface area (Å²) in [7, 11) is 0. The molecule has 0 aliphatic heterocycles. The number of hydrogen-bond acceptors (Lipinski definition) is 2. The summed E-state index contributed by atoms with van der Waals surface area (Å²) < 4.78 is 1.71. The largest absolute Gasteiger partial charge is 0.236 e. The zero-order valence-corrected chi connectivity index (χ0v) is 10.4. The number of aromatic nitrogens is 3. The third-order valence-corrected chi connectivity index (χ3v) is 2.61. The molecule has 16 heavy (non-hydrogen) atoms. The number of nitrogens with zero attached hydrogens (tertiary/aromatic N) is 3. The first-order valence-electron chi connectivity index (χ1n) is 5.15. The Bertz CT molecular complexity index is 497. The van der Waals surface area contributed by atoms with Gasteiger partial charge in [0.2, 0.25) is 0 Å². The SMILES string of the molecule is CC(C)(C)c1ccn(-c2ncccc2Cl)n1. The van der Waals surface area contributed by atoms with E-state index in [1.165, 1.54) is 0 Å². The molecular weight excluding hydrogens is 222 g/mol. The zero-order valence-electron chi connectivity index (χ0n) is 9.61. The van der Waals surface area contributed by atoms with Gasteiger partial charge in [-0.25, -0.2) is 9.67 Å². The van der Waals surface area contributed by atoms with Crippen LogP contribution in [0.1, 0.15) is 26.5 Å². The van der Waals surface area contributed by atoms with Gasteiger partial charge in [0.05, 0.1) is 10.7 Å². The number of pyridine rings is 1. The Labute approximate surface area is 100 Å². The Morgan fingerprint density at radius 2 is 2.00 bits per heavy atom. The third-order valence-electron chi connectivity index (χ3n) is 2.31. The molecule has 0 radical (unpaired) electrons. The highest BCUT2D eigenvalue weighted by molar-refractivity contribution is 6.32. The number of rotatable bonds is 1. The molecule has 84 valence electrons. The average Bonchev–Trinajstić information content (AvgIpc) is 2.66. The molecule has 2 heterocycles. The molecule has 0 aliphatic rings. The van der Waals surface area contributed by atoms with E-state index >= 15 is 0 Å². The van der Waals surface area contributed by atoms with E-state index in [-0.39, 0.29) is 5.41 Å². The van der Waals surface area contributed by atoms with E-state index in [0.29, 0.717) is 10.8 Å². The molecule has 0 saturated carbocycles. The van der Waals surface area contributed by atoms with Gasteiger partial charge in [-0.15, -0.1) is 0 Å². The maximum atomic E-state index is 6.06. The first kappa shape index (κ1) is 11.1. The first-order valence-corrected chi connectivity index (χ1v) is 5.53. The molecule has 2 rings (SSSR count). The molecule has 0 unspecified atom stereocenters. The van der Waals surface area contributed by atoms with E-state index in [0.717, 1.165) is 5.69 Å². The summed E-state index contributed by atoms with van der Waals surface area (Å²) in [5, 5.41) is 5.09. The Kier molecular flexibility index (Phi) is 2.72. The maximum Gasteiger partial charge on any atom is 0.172 e. The van der Waals surface area contributed by atoms with Crippen molar-refractivity contribution in [1.29, 1.82) is 0 Å². The quantitative estimate of drug-likeness (QED) is 0.760. The fourth-order valence-electron chi connectivity index (χ4n) is 1.39. The van der Waals surface area contributed by atoms with Crippen molar-refractivity contribution in [3.05, 3.63) is 41.3 Å². The predicted molar refractivity (Wildman–Crippen MR) is 65.1 cm³/mol. The standard InChI is InChI=1S/C12H14ClN3/c1-12(2,3)10-6-8-16(15-10)11-9(13)5-4-7-14-11/h4-8H,1-3H3. The zero-order chi connectivity index (χ0) is 11.8. The molecule has 0 spiro atoms. The van der Waals surface area contributed by atoms with Gasteiger partial charge in [-0.3, -0.25) is 0 Å². The second-order valence-electron chi connectivity index (χ2n) is 4.70. The van der Waals surface area contributed by atoms with E-state index in [1.54, 1.807) is 16.9 Å². The fraction of sp³-hybridized carbons (Fsp3) is 0.333. The molecule has 2 aromatic heterocycles. The van der Waals surface area contributed by atoms with E-state index in [9.17, 15) is 0 Å². The van der Waals surface area contributed by atoms with Crippen molar-refractivity contribution in [2.45, 2.75) is 26.2 Å². The van der Waals surface area contributed by atoms with E-state index in [4.69, 9.17) is 11.6 Å². The molecule has 0 bridgehead atoms. The fourth-order valence-corrected chi connectivity index (χ4v) is 1.60. The first-order chi connectivity index (χ1) is 7.48. The van der Waals surface area contributed by atoms with Crippen molar-refractivity contribution in [2.75, 3.05) is 0 Å². The molecule has 0 N–H and O–H groups in total. The average molecular weight is 236 g/mol. The van der Waals surface area contributed by atoms with Crippen molar-refractivity contribution in [3.8, 4) is 5.82 Å². The minimum absolute atomic E-state index is 0.0342. The summed E-state index contributed by atoms with van der Waals surface area (Å²) in [5.41, 5.74) is 1.06. The normalized spacial score (nSPS) is 11.8. The van der Waals surface area contributed by atoms with Gasteiger partial charge in [0.15, 0.2) is 5.82 Å². The molecule has 3 nitrogen and oxygen atoms in total. The summed E-state index contributed by atoms with van der Waals surface area (Å²) in [5.74, 6) is 0.666. The van der Waals surface area contributed by atoms with E-state index in [2.05, 4.69) is 30.9 Å². The third kappa shape index (κ3) is 2.09. The van der Waals surface area contributed by atoms with Gasteiger partial charge in [0, 0.05) is 17.8 Å². The van der Waals surface area contributed by atoms with Crippen molar-refractivity contribution in [1.82, 2.24) is 14.8 Å². The van der Waals surface area contributed by atoms with Crippen LogP contribution >= 0.6 is 11.6 Å². The van der Waals surface area contributed by atoms with Crippen molar-refractivity contribution < 1.29 is 0 Å². The highest BCUT2D eigenvalue weighted by atomic mass is 35.5. The van der Waals surface area contributed by atoms with Crippen molar-refractivity contribution >= 4 is 11.6 Å². The van der Waals surface area contributed by atoms with Gasteiger partial charge in [-0.05, 0) is 18.2 Å². The van der Waals surface area contributed by atoms with Crippen LogP contribution in [0.4, 0.5) is 0 Å². The Morgan fingerprint density at radius 1 is 1.25 bits per heavy atom. The van der Waals surface area contributed by atoms with Crippen LogP contribution in [-0.4, -0.2) is 14.8 Å². The van der Waals surface area contributed by atoms with Crippen LogP contribution < -0.4 is 0 Å². The summed E-state index contributed by atoms with van der Waals surface area (Å²) >= 11 is 6.06. The minimum Gasteiger partial charge on any atom is -0.236 e. The molecule has 0 aromatic carbocycles. The number of halogens is 1. The summed E-state index contributed by atoms with van der Waals surface area (Å²) in [6.45, 7) is 6.37. The van der Waals surface area contributed by atoms with Gasteiger partial charge in [0.25, 0.3) is 0 Å². The highest BCUT2D eigenvalue weighted by Crippen LogP contribution is 2.22. The van der Waals surface area contributed by atoms with Gasteiger partial charge in [0.1, 0.15) is 0 Å². The summed E-state index contributed by atoms with van der Waals surface area (Å²) in [6.07, 6.45) is 3.59. The lowest BCUT2D eigenvalue weighted by atomic mass is 9.93. The topological polar surface area (TPSA) is 30.7 Å². The lowest BCUT2D eigenvalue weighted by Crippen LogP contribution is -2.12. The Morgan fingerprint density at radius 3 is 2.56 bits per heavy atom. The summed E-state index contributed by atoms with van der Waals surface area (Å²) in [6, 6.07) is 5.60. The van der Waals surface area contributed by atoms with E-state index < -0.39 is 0 Å². The van der Waals surface area contributed by atoms with Gasteiger partial charge < -0.3 is 0 Å². The monoisotopic (exact) mass is 235 g/mol. The minimum atomic E-state index is 0.0342. The molecule has 0 saturated heterocycles. The predicted octanol–water partition coefficient (Wildman–Crippen LogP) is 3.22. The van der Waals surface area contributed by atoms with Crippen LogP contribution in [0.2, 0.25) is 5.02 Å². The smallest absolute Gasteiger partial charge is 0.172 e. The molecular formula is C12H14ClN3. The van der Waals surface area contributed by atoms with E-state index in [1.807, 2.05) is 18.3 Å². The maximum absolute atomic E-state index is 6.06. The van der Waals surface area contributed by atoms with Gasteiger partial charge in [-0.1, -0.05) is 32.4 Å². The van der Waals surface area contributed by atoms with Crippen LogP contribution in [0.15, 0.2) is 30.6 Å². The second-order valence-corrected chi connectivity index (χ2v) is 5.11. The van der Waals surface area contributed by atoms with Crippen LogP contribution in [0.25, 0.3) is 5.82 Å². The van der Waals surface area contributed by atoms with Crippen LogP contribution in [-0.2, 0) is 5.41 Å². The lowest BCUT2D eigenvalue weighted by molar-refractivity contribution is 0.559. The lowest BCUT2D eigenvalue weighted by Gasteiger charge is -2.14. The molecule has 0 atom stereocenters. The van der Waals surface area contributed by atoms with Crippen LogP contribution in [0, 0.1) is 0 Å². The highest BCUT2D eigenvalue weighted by Gasteiger charge is 2.17. The van der Waals surface area contributed by atoms with Gasteiger partial charge >= 0.3 is 0 Å². The molecule has 0 fully saturated rings. The Hall–Kier alpha value is -1.35. The van der Waals surface area contributed by atoms with Crippen molar-refractivity contribution in [2.24, 2.45) is 0 Å². The second kappa shape index (κ2) is 3.91.